The lowest BCUT2D eigenvalue weighted by atomic mass is 10.2. The molecule has 162 valence electrons. The average molecular weight is 415 g/mol. The highest BCUT2D eigenvalue weighted by Crippen LogP contribution is 2.17. The molecule has 0 heterocycles. The summed E-state index contributed by atoms with van der Waals surface area (Å²) in [4.78, 5) is 16.4. The Morgan fingerprint density at radius 1 is 0.967 bits per heavy atom. The van der Waals surface area contributed by atoms with Crippen LogP contribution in [0.25, 0.3) is 0 Å². The Balaban J connectivity index is 1.74. The molecule has 0 aliphatic rings. The molecule has 0 radical (unpaired) electrons. The van der Waals surface area contributed by atoms with Gasteiger partial charge in [-0.25, -0.2) is 0 Å². The molecule has 2 aromatic carbocycles. The number of amides is 1. The van der Waals surface area contributed by atoms with Gasteiger partial charge in [0.1, 0.15) is 11.5 Å². The molecule has 1 amide bonds. The van der Waals surface area contributed by atoms with Crippen LogP contribution in [-0.4, -0.2) is 59.4 Å². The number of nitrogens with zero attached hydrogens (tertiary/aromatic N) is 1. The van der Waals surface area contributed by atoms with Gasteiger partial charge in [0.15, 0.2) is 5.96 Å². The first-order chi connectivity index (χ1) is 14.7. The Kier molecular flexibility index (Phi) is 10.0. The van der Waals surface area contributed by atoms with E-state index in [4.69, 9.17) is 14.2 Å². The molecule has 2 aromatic rings. The lowest BCUT2D eigenvalue weighted by Crippen LogP contribution is -2.37. The van der Waals surface area contributed by atoms with Crippen molar-refractivity contribution >= 4 is 17.6 Å². The fourth-order valence-corrected chi connectivity index (χ4v) is 2.57. The maximum atomic E-state index is 12.2. The minimum atomic E-state index is -0.138. The fraction of sp³-hybridized carbons (Fsp3) is 0.364. The summed E-state index contributed by atoms with van der Waals surface area (Å²) in [6.07, 6.45) is 0.833. The first-order valence-corrected chi connectivity index (χ1v) is 9.78. The molecule has 30 heavy (non-hydrogen) atoms. The number of carbonyl (C=O) groups excluding carboxylic acids is 1. The van der Waals surface area contributed by atoms with Gasteiger partial charge in [-0.05, 0) is 36.4 Å². The van der Waals surface area contributed by atoms with E-state index in [2.05, 4.69) is 20.9 Å². The van der Waals surface area contributed by atoms with Crippen LogP contribution in [-0.2, 0) is 4.74 Å². The molecule has 0 saturated heterocycles. The lowest BCUT2D eigenvalue weighted by molar-refractivity contribution is 0.0954. The highest BCUT2D eigenvalue weighted by atomic mass is 16.5. The van der Waals surface area contributed by atoms with Crippen molar-refractivity contribution in [1.29, 1.82) is 0 Å². The van der Waals surface area contributed by atoms with Crippen molar-refractivity contribution in [2.24, 2.45) is 4.99 Å². The van der Waals surface area contributed by atoms with Gasteiger partial charge in [0, 0.05) is 57.6 Å². The third kappa shape index (κ3) is 8.00. The van der Waals surface area contributed by atoms with Crippen LogP contribution in [0.1, 0.15) is 16.8 Å². The summed E-state index contributed by atoms with van der Waals surface area (Å²) in [7, 11) is 4.96. The number of guanidine groups is 1. The third-order valence-electron chi connectivity index (χ3n) is 4.14. The Labute approximate surface area is 177 Å². The predicted octanol–water partition coefficient (Wildman–Crippen LogP) is 2.53. The molecule has 0 aromatic heterocycles. The second-order valence-electron chi connectivity index (χ2n) is 6.33. The molecule has 0 spiro atoms. The number of methoxy groups -OCH3 is 2. The van der Waals surface area contributed by atoms with E-state index in [9.17, 15) is 4.79 Å². The van der Waals surface area contributed by atoms with Gasteiger partial charge in [-0.3, -0.25) is 9.79 Å². The maximum Gasteiger partial charge on any atom is 0.251 e. The Hall–Kier alpha value is -3.26. The lowest BCUT2D eigenvalue weighted by Gasteiger charge is -2.13. The minimum absolute atomic E-state index is 0.138. The number of hydrogen-bond donors (Lipinski definition) is 3. The number of aliphatic imine (C=N–C) groups is 1. The Morgan fingerprint density at radius 2 is 1.73 bits per heavy atom. The SMILES string of the molecule is CN=C(NCCNC(=O)c1ccc(OC)cc1)Nc1cccc(OCCCOC)c1. The quantitative estimate of drug-likeness (QED) is 0.297. The molecule has 0 unspecified atom stereocenters. The third-order valence-corrected chi connectivity index (χ3v) is 4.14. The normalized spacial score (nSPS) is 11.0. The first kappa shape index (κ1) is 23.0. The predicted molar refractivity (Wildman–Crippen MR) is 119 cm³/mol. The highest BCUT2D eigenvalue weighted by Gasteiger charge is 2.05. The standard InChI is InChI=1S/C22H30N4O4/c1-23-22(26-18-6-4-7-20(16-18)30-15-5-14-28-2)25-13-12-24-21(27)17-8-10-19(29-3)11-9-17/h4,6-11,16H,5,12-15H2,1-3H3,(H,24,27)(H2,23,25,26). The van der Waals surface area contributed by atoms with E-state index in [0.29, 0.717) is 43.6 Å². The van der Waals surface area contributed by atoms with Crippen LogP contribution in [0.5, 0.6) is 11.5 Å². The average Bonchev–Trinajstić information content (AvgIpc) is 2.79. The highest BCUT2D eigenvalue weighted by molar-refractivity contribution is 5.95. The van der Waals surface area contributed by atoms with E-state index in [1.807, 2.05) is 24.3 Å². The van der Waals surface area contributed by atoms with E-state index in [0.717, 1.165) is 17.9 Å². The number of nitrogens with one attached hydrogen (secondary N) is 3. The first-order valence-electron chi connectivity index (χ1n) is 9.78. The number of ether oxygens (including phenoxy) is 3. The summed E-state index contributed by atoms with van der Waals surface area (Å²) < 4.78 is 15.8. The molecule has 0 aliphatic carbocycles. The van der Waals surface area contributed by atoms with Crippen molar-refractivity contribution in [3.05, 3.63) is 54.1 Å². The van der Waals surface area contributed by atoms with Crippen LogP contribution in [0.3, 0.4) is 0 Å². The number of anilines is 1. The van der Waals surface area contributed by atoms with Crippen LogP contribution < -0.4 is 25.4 Å². The van der Waals surface area contributed by atoms with E-state index >= 15 is 0 Å². The minimum Gasteiger partial charge on any atom is -0.497 e. The van der Waals surface area contributed by atoms with Gasteiger partial charge in [-0.2, -0.15) is 0 Å². The molecule has 2 rings (SSSR count). The molecule has 0 bridgehead atoms. The second kappa shape index (κ2) is 13.1. The van der Waals surface area contributed by atoms with E-state index in [-0.39, 0.29) is 5.91 Å². The van der Waals surface area contributed by atoms with Crippen LogP contribution in [0.4, 0.5) is 5.69 Å². The summed E-state index contributed by atoms with van der Waals surface area (Å²) in [6, 6.07) is 14.6. The number of rotatable bonds is 11. The summed E-state index contributed by atoms with van der Waals surface area (Å²) in [5.74, 6) is 1.96. The molecule has 0 saturated carbocycles. The largest absolute Gasteiger partial charge is 0.497 e. The van der Waals surface area contributed by atoms with Gasteiger partial charge >= 0.3 is 0 Å². The molecular weight excluding hydrogens is 384 g/mol. The topological polar surface area (TPSA) is 93.2 Å². The van der Waals surface area contributed by atoms with Crippen molar-refractivity contribution in [3.8, 4) is 11.5 Å². The number of benzene rings is 2. The van der Waals surface area contributed by atoms with Crippen molar-refractivity contribution in [3.63, 3.8) is 0 Å². The summed E-state index contributed by atoms with van der Waals surface area (Å²) in [5, 5.41) is 9.25. The monoisotopic (exact) mass is 414 g/mol. The summed E-state index contributed by atoms with van der Waals surface area (Å²) >= 11 is 0. The van der Waals surface area contributed by atoms with Gasteiger partial charge in [-0.1, -0.05) is 6.07 Å². The summed E-state index contributed by atoms with van der Waals surface area (Å²) in [6.45, 7) is 2.24. The van der Waals surface area contributed by atoms with E-state index in [1.54, 1.807) is 45.5 Å². The zero-order chi connectivity index (χ0) is 21.6. The molecule has 0 atom stereocenters. The smallest absolute Gasteiger partial charge is 0.251 e. The van der Waals surface area contributed by atoms with Crippen molar-refractivity contribution in [2.45, 2.75) is 6.42 Å². The van der Waals surface area contributed by atoms with Crippen LogP contribution >= 0.6 is 0 Å². The van der Waals surface area contributed by atoms with Crippen molar-refractivity contribution in [2.75, 3.05) is 52.9 Å². The van der Waals surface area contributed by atoms with Gasteiger partial charge in [0.2, 0.25) is 0 Å². The molecule has 0 aliphatic heterocycles. The maximum absolute atomic E-state index is 12.2. The Morgan fingerprint density at radius 3 is 2.43 bits per heavy atom. The van der Waals surface area contributed by atoms with Crippen molar-refractivity contribution < 1.29 is 19.0 Å². The van der Waals surface area contributed by atoms with Crippen LogP contribution in [0, 0.1) is 0 Å². The zero-order valence-electron chi connectivity index (χ0n) is 17.7. The number of hydrogen-bond acceptors (Lipinski definition) is 5. The van der Waals surface area contributed by atoms with Crippen LogP contribution in [0.2, 0.25) is 0 Å². The van der Waals surface area contributed by atoms with Gasteiger partial charge in [-0.15, -0.1) is 0 Å². The van der Waals surface area contributed by atoms with E-state index in [1.165, 1.54) is 0 Å². The van der Waals surface area contributed by atoms with Crippen molar-refractivity contribution in [1.82, 2.24) is 10.6 Å². The number of carbonyl (C=O) groups is 1. The van der Waals surface area contributed by atoms with Crippen LogP contribution in [0.15, 0.2) is 53.5 Å². The Bertz CT molecular complexity index is 809. The molecule has 8 heteroatoms. The molecule has 0 fully saturated rings. The second-order valence-corrected chi connectivity index (χ2v) is 6.33. The summed E-state index contributed by atoms with van der Waals surface area (Å²) in [5.41, 5.74) is 1.44. The fourth-order valence-electron chi connectivity index (χ4n) is 2.57. The van der Waals surface area contributed by atoms with E-state index < -0.39 is 0 Å². The molecule has 8 nitrogen and oxygen atoms in total. The van der Waals surface area contributed by atoms with Gasteiger partial charge < -0.3 is 30.2 Å². The van der Waals surface area contributed by atoms with Gasteiger partial charge in [0.25, 0.3) is 5.91 Å². The van der Waals surface area contributed by atoms with Gasteiger partial charge in [0.05, 0.1) is 13.7 Å². The molecular formula is C22H30N4O4. The molecule has 3 N–H and O–H groups in total. The zero-order valence-corrected chi connectivity index (χ0v) is 17.7.